The van der Waals surface area contributed by atoms with Crippen molar-refractivity contribution < 1.29 is 4.39 Å². The fraction of sp³-hybridized carbons (Fsp3) is 0. The first-order valence-corrected chi connectivity index (χ1v) is 2.93. The molecule has 1 heterocycles. The highest BCUT2D eigenvalue weighted by Crippen LogP contribution is 2.10. The molecule has 0 aliphatic carbocycles. The van der Waals surface area contributed by atoms with Crippen LogP contribution in [0.2, 0.25) is 0 Å². The average Bonchev–Trinajstić information content (AvgIpc) is 1.80. The van der Waals surface area contributed by atoms with Crippen LogP contribution in [0.1, 0.15) is 0 Å². The molecule has 1 aromatic rings. The van der Waals surface area contributed by atoms with Gasteiger partial charge in [0.1, 0.15) is 0 Å². The molecule has 2 N–H and O–H groups in total. The molecular weight excluding hydrogens is 189 g/mol. The number of halogens is 2. The number of hydrogen-bond acceptors (Lipinski definition) is 3. The Hall–Kier alpha value is -0.710. The maximum Gasteiger partial charge on any atom is 0.232 e. The van der Waals surface area contributed by atoms with E-state index in [4.69, 9.17) is 5.73 Å². The lowest BCUT2D eigenvalue weighted by molar-refractivity contribution is 0.575. The molecule has 0 spiro atoms. The molecule has 0 fully saturated rings. The Bertz CT molecular complexity index is 227. The molecule has 0 aliphatic heterocycles. The van der Waals surface area contributed by atoms with E-state index >= 15 is 0 Å². The lowest BCUT2D eigenvalue weighted by Gasteiger charge is -1.91. The van der Waals surface area contributed by atoms with Crippen molar-refractivity contribution in [1.29, 1.82) is 0 Å². The normalized spacial score (nSPS) is 9.56. The molecule has 1 aromatic heterocycles. The molecule has 0 atom stereocenters. The molecular formula is C4H3BrFN3. The van der Waals surface area contributed by atoms with Crippen LogP contribution in [0.5, 0.6) is 0 Å². The van der Waals surface area contributed by atoms with Gasteiger partial charge in [-0.2, -0.15) is 9.37 Å². The first kappa shape index (κ1) is 6.41. The zero-order valence-corrected chi connectivity index (χ0v) is 5.89. The maximum atomic E-state index is 12.3. The van der Waals surface area contributed by atoms with Gasteiger partial charge in [0.25, 0.3) is 0 Å². The van der Waals surface area contributed by atoms with Gasteiger partial charge < -0.3 is 5.73 Å². The second-order valence-corrected chi connectivity index (χ2v) is 2.22. The van der Waals surface area contributed by atoms with Crippen LogP contribution in [0.15, 0.2) is 10.7 Å². The molecule has 0 radical (unpaired) electrons. The number of nitrogens with two attached hydrogens (primary N) is 1. The third-order valence-electron chi connectivity index (χ3n) is 0.720. The van der Waals surface area contributed by atoms with E-state index in [1.54, 1.807) is 0 Å². The summed E-state index contributed by atoms with van der Waals surface area (Å²) in [4.78, 5) is 6.75. The Kier molecular flexibility index (Phi) is 1.61. The Labute approximate surface area is 59.2 Å². The van der Waals surface area contributed by atoms with Crippen LogP contribution in [0, 0.1) is 5.95 Å². The third kappa shape index (κ3) is 1.35. The van der Waals surface area contributed by atoms with Gasteiger partial charge in [-0.3, -0.25) is 0 Å². The van der Waals surface area contributed by atoms with Crippen LogP contribution in [0.25, 0.3) is 0 Å². The number of rotatable bonds is 0. The number of hydrogen-bond donors (Lipinski definition) is 1. The monoisotopic (exact) mass is 191 g/mol. The lowest BCUT2D eigenvalue weighted by Crippen LogP contribution is -1.96. The van der Waals surface area contributed by atoms with Gasteiger partial charge in [0.15, 0.2) is 0 Å². The standard InChI is InChI=1S/C4H3BrFN3/c5-2-1-8-4(7)9-3(2)6/h1H,(H2,7,8,9). The first-order valence-electron chi connectivity index (χ1n) is 2.13. The summed E-state index contributed by atoms with van der Waals surface area (Å²) in [5.41, 5.74) is 5.04. The van der Waals surface area contributed by atoms with E-state index in [2.05, 4.69) is 25.9 Å². The largest absolute Gasteiger partial charge is 0.368 e. The summed E-state index contributed by atoms with van der Waals surface area (Å²) >= 11 is 2.87. The van der Waals surface area contributed by atoms with Crippen LogP contribution in [0.4, 0.5) is 10.3 Å². The molecule has 9 heavy (non-hydrogen) atoms. The van der Waals surface area contributed by atoms with Gasteiger partial charge in [0, 0.05) is 6.20 Å². The van der Waals surface area contributed by atoms with Crippen molar-refractivity contribution in [2.75, 3.05) is 5.73 Å². The Morgan fingerprint density at radius 2 is 2.33 bits per heavy atom. The van der Waals surface area contributed by atoms with Gasteiger partial charge in [-0.15, -0.1) is 0 Å². The van der Waals surface area contributed by atoms with Crippen molar-refractivity contribution in [2.24, 2.45) is 0 Å². The van der Waals surface area contributed by atoms with Gasteiger partial charge in [-0.25, -0.2) is 4.98 Å². The van der Waals surface area contributed by atoms with Gasteiger partial charge in [-0.05, 0) is 15.9 Å². The minimum Gasteiger partial charge on any atom is -0.368 e. The predicted molar refractivity (Wildman–Crippen MR) is 34.1 cm³/mol. The van der Waals surface area contributed by atoms with Gasteiger partial charge >= 0.3 is 0 Å². The zero-order valence-electron chi connectivity index (χ0n) is 4.31. The molecule has 3 nitrogen and oxygen atoms in total. The summed E-state index contributed by atoms with van der Waals surface area (Å²) in [6, 6.07) is 0. The second kappa shape index (κ2) is 2.26. The Balaban J connectivity index is 3.17. The molecule has 0 aromatic carbocycles. The van der Waals surface area contributed by atoms with Crippen molar-refractivity contribution in [1.82, 2.24) is 9.97 Å². The number of nitrogen functional groups attached to an aromatic ring is 1. The molecule has 0 aliphatic rings. The Morgan fingerprint density at radius 3 is 2.78 bits per heavy atom. The summed E-state index contributed by atoms with van der Waals surface area (Å²) in [5, 5.41) is 0. The zero-order chi connectivity index (χ0) is 6.85. The molecule has 0 unspecified atom stereocenters. The number of nitrogens with zero attached hydrogens (tertiary/aromatic N) is 2. The fourth-order valence-corrected chi connectivity index (χ4v) is 0.550. The molecule has 0 amide bonds. The van der Waals surface area contributed by atoms with Crippen LogP contribution in [-0.4, -0.2) is 9.97 Å². The van der Waals surface area contributed by atoms with Crippen LogP contribution in [-0.2, 0) is 0 Å². The van der Waals surface area contributed by atoms with E-state index in [9.17, 15) is 4.39 Å². The van der Waals surface area contributed by atoms with Crippen LogP contribution < -0.4 is 5.73 Å². The topological polar surface area (TPSA) is 51.8 Å². The van der Waals surface area contributed by atoms with Crippen molar-refractivity contribution >= 4 is 21.9 Å². The van der Waals surface area contributed by atoms with Crippen molar-refractivity contribution in [2.45, 2.75) is 0 Å². The summed E-state index contributed by atoms with van der Waals surface area (Å²) in [7, 11) is 0. The van der Waals surface area contributed by atoms with E-state index in [0.717, 1.165) is 0 Å². The van der Waals surface area contributed by atoms with E-state index < -0.39 is 5.95 Å². The van der Waals surface area contributed by atoms with E-state index in [1.165, 1.54) is 6.20 Å². The summed E-state index contributed by atoms with van der Waals surface area (Å²) < 4.78 is 12.5. The fourth-order valence-electron chi connectivity index (χ4n) is 0.359. The van der Waals surface area contributed by atoms with Crippen LogP contribution >= 0.6 is 15.9 Å². The minimum atomic E-state index is -0.637. The van der Waals surface area contributed by atoms with Crippen LogP contribution in [0.3, 0.4) is 0 Å². The average molecular weight is 192 g/mol. The van der Waals surface area contributed by atoms with Gasteiger partial charge in [0.2, 0.25) is 11.9 Å². The molecule has 1 rings (SSSR count). The summed E-state index contributed by atoms with van der Waals surface area (Å²) in [6.45, 7) is 0. The number of anilines is 1. The third-order valence-corrected chi connectivity index (χ3v) is 1.25. The van der Waals surface area contributed by atoms with Crippen molar-refractivity contribution in [3.63, 3.8) is 0 Å². The smallest absolute Gasteiger partial charge is 0.232 e. The maximum absolute atomic E-state index is 12.3. The van der Waals surface area contributed by atoms with E-state index in [-0.39, 0.29) is 10.4 Å². The van der Waals surface area contributed by atoms with Crippen molar-refractivity contribution in [3.05, 3.63) is 16.6 Å². The highest BCUT2D eigenvalue weighted by molar-refractivity contribution is 9.10. The highest BCUT2D eigenvalue weighted by atomic mass is 79.9. The minimum absolute atomic E-state index is 0.0595. The first-order chi connectivity index (χ1) is 4.20. The second-order valence-electron chi connectivity index (χ2n) is 1.37. The highest BCUT2D eigenvalue weighted by Gasteiger charge is 1.98. The molecule has 0 saturated carbocycles. The quantitative estimate of drug-likeness (QED) is 0.622. The molecule has 5 heteroatoms. The van der Waals surface area contributed by atoms with Gasteiger partial charge in [-0.1, -0.05) is 0 Å². The molecule has 0 bridgehead atoms. The number of aromatic nitrogens is 2. The predicted octanol–water partition coefficient (Wildman–Crippen LogP) is 0.960. The van der Waals surface area contributed by atoms with E-state index in [0.29, 0.717) is 0 Å². The molecule has 48 valence electrons. The summed E-state index contributed by atoms with van der Waals surface area (Å²) in [5.74, 6) is -0.696. The Morgan fingerprint density at radius 1 is 1.67 bits per heavy atom. The lowest BCUT2D eigenvalue weighted by atomic mass is 10.6. The molecule has 0 saturated heterocycles. The SMILES string of the molecule is Nc1ncc(Br)c(F)n1. The van der Waals surface area contributed by atoms with Gasteiger partial charge in [0.05, 0.1) is 4.47 Å². The summed E-state index contributed by atoms with van der Waals surface area (Å²) in [6.07, 6.45) is 1.26. The van der Waals surface area contributed by atoms with E-state index in [1.807, 2.05) is 0 Å². The van der Waals surface area contributed by atoms with Crippen molar-refractivity contribution in [3.8, 4) is 0 Å².